The van der Waals surface area contributed by atoms with Crippen LogP contribution in [0.25, 0.3) is 0 Å². The maximum atomic E-state index is 9.16. The van der Waals surface area contributed by atoms with Gasteiger partial charge in [0.15, 0.2) is 0 Å². The van der Waals surface area contributed by atoms with Gasteiger partial charge in [-0.2, -0.15) is 5.10 Å². The lowest BCUT2D eigenvalue weighted by molar-refractivity contribution is 0.214. The summed E-state index contributed by atoms with van der Waals surface area (Å²) in [7, 11) is 0. The summed E-state index contributed by atoms with van der Waals surface area (Å²) >= 11 is 0. The van der Waals surface area contributed by atoms with Gasteiger partial charge in [-0.1, -0.05) is 6.42 Å². The van der Waals surface area contributed by atoms with Crippen LogP contribution in [0.2, 0.25) is 0 Å². The van der Waals surface area contributed by atoms with Crippen LogP contribution in [0.4, 0.5) is 0 Å². The molecule has 1 rings (SSSR count). The van der Waals surface area contributed by atoms with Crippen LogP contribution in [-0.2, 0) is 0 Å². The Morgan fingerprint density at radius 3 is 2.78 bits per heavy atom. The fourth-order valence-electron chi connectivity index (χ4n) is 1.13. The van der Waals surface area contributed by atoms with Gasteiger partial charge in [0.05, 0.1) is 11.8 Å². The highest BCUT2D eigenvalue weighted by Crippen LogP contribution is 2.14. The largest absolute Gasteiger partial charge is 0.387 e. The minimum Gasteiger partial charge on any atom is -0.387 e. The second-order valence-corrected chi connectivity index (χ2v) is 2.38. The van der Waals surface area contributed by atoms with E-state index in [0.29, 0.717) is 0 Å². The molecule has 3 heteroatoms. The number of hydrogen-bond acceptors (Lipinski definition) is 3. The molecular weight excluding hydrogens is 116 g/mol. The van der Waals surface area contributed by atoms with Gasteiger partial charge in [0.2, 0.25) is 0 Å². The first-order valence-corrected chi connectivity index (χ1v) is 3.29. The van der Waals surface area contributed by atoms with Crippen LogP contribution in [0.15, 0.2) is 5.10 Å². The number of hydrogen-bond donors (Lipinski definition) is 2. The smallest absolute Gasteiger partial charge is 0.0938 e. The molecule has 1 aliphatic carbocycles. The van der Waals surface area contributed by atoms with Crippen LogP contribution in [-0.4, -0.2) is 16.9 Å². The van der Waals surface area contributed by atoms with Gasteiger partial charge in [0.25, 0.3) is 0 Å². The zero-order chi connectivity index (χ0) is 6.69. The van der Waals surface area contributed by atoms with Crippen LogP contribution in [0.1, 0.15) is 25.7 Å². The predicted octanol–water partition coefficient (Wildman–Crippen LogP) is 0.236. The molecule has 1 saturated carbocycles. The molecule has 0 amide bonds. The van der Waals surface area contributed by atoms with Crippen LogP contribution >= 0.6 is 0 Å². The Labute approximate surface area is 54.6 Å². The van der Waals surface area contributed by atoms with E-state index in [1.807, 2.05) is 0 Å². The molecule has 0 radical (unpaired) electrons. The average molecular weight is 128 g/mol. The molecule has 0 spiro atoms. The van der Waals surface area contributed by atoms with Gasteiger partial charge in [-0.25, -0.2) is 0 Å². The minimum absolute atomic E-state index is 0.358. The molecule has 1 atom stereocenters. The Morgan fingerprint density at radius 1 is 1.56 bits per heavy atom. The molecule has 52 valence electrons. The van der Waals surface area contributed by atoms with Crippen LogP contribution < -0.4 is 5.84 Å². The lowest BCUT2D eigenvalue weighted by atomic mass is 9.96. The molecule has 0 saturated heterocycles. The second-order valence-electron chi connectivity index (χ2n) is 2.38. The third kappa shape index (κ3) is 1.42. The summed E-state index contributed by atoms with van der Waals surface area (Å²) in [5, 5.41) is 12.7. The lowest BCUT2D eigenvalue weighted by Crippen LogP contribution is -2.25. The van der Waals surface area contributed by atoms with E-state index >= 15 is 0 Å². The van der Waals surface area contributed by atoms with Crippen molar-refractivity contribution in [2.24, 2.45) is 10.9 Å². The average Bonchev–Trinajstić information content (AvgIpc) is 1.89. The van der Waals surface area contributed by atoms with Crippen molar-refractivity contribution in [2.45, 2.75) is 31.8 Å². The monoisotopic (exact) mass is 128 g/mol. The minimum atomic E-state index is -0.358. The molecule has 0 aromatic rings. The summed E-state index contributed by atoms with van der Waals surface area (Å²) in [5.74, 6) is 5.02. The first kappa shape index (κ1) is 6.55. The number of aliphatic hydroxyl groups is 1. The number of hydrazone groups is 1. The Morgan fingerprint density at radius 2 is 2.33 bits per heavy atom. The van der Waals surface area contributed by atoms with E-state index in [2.05, 4.69) is 5.10 Å². The summed E-state index contributed by atoms with van der Waals surface area (Å²) < 4.78 is 0. The van der Waals surface area contributed by atoms with E-state index in [1.165, 1.54) is 0 Å². The van der Waals surface area contributed by atoms with Crippen molar-refractivity contribution in [3.8, 4) is 0 Å². The molecule has 3 nitrogen and oxygen atoms in total. The number of nitrogens with zero attached hydrogens (tertiary/aromatic N) is 1. The molecule has 0 bridgehead atoms. The van der Waals surface area contributed by atoms with Gasteiger partial charge in [-0.3, -0.25) is 0 Å². The summed E-state index contributed by atoms with van der Waals surface area (Å²) in [6, 6.07) is 0. The van der Waals surface area contributed by atoms with Gasteiger partial charge in [-0.15, -0.1) is 0 Å². The van der Waals surface area contributed by atoms with Crippen molar-refractivity contribution < 1.29 is 5.11 Å². The van der Waals surface area contributed by atoms with E-state index in [4.69, 9.17) is 10.9 Å². The second kappa shape index (κ2) is 2.82. The van der Waals surface area contributed by atoms with Gasteiger partial charge >= 0.3 is 0 Å². The van der Waals surface area contributed by atoms with E-state index in [1.54, 1.807) is 0 Å². The Hall–Kier alpha value is -0.570. The molecule has 9 heavy (non-hydrogen) atoms. The first-order valence-electron chi connectivity index (χ1n) is 3.29. The zero-order valence-corrected chi connectivity index (χ0v) is 5.38. The third-order valence-electron chi connectivity index (χ3n) is 1.71. The Bertz CT molecular complexity index is 122. The fourth-order valence-corrected chi connectivity index (χ4v) is 1.13. The quantitative estimate of drug-likeness (QED) is 0.362. The van der Waals surface area contributed by atoms with Crippen molar-refractivity contribution >= 4 is 5.71 Å². The molecule has 3 N–H and O–H groups in total. The third-order valence-corrected chi connectivity index (χ3v) is 1.71. The summed E-state index contributed by atoms with van der Waals surface area (Å²) in [6.45, 7) is 0. The standard InChI is InChI=1S/C6H12N2O/c7-8-5-3-1-2-4-6(5)9/h6,9H,1-4,7H2. The molecule has 0 aromatic heterocycles. The summed E-state index contributed by atoms with van der Waals surface area (Å²) in [6.07, 6.45) is 3.56. The molecule has 1 fully saturated rings. The van der Waals surface area contributed by atoms with Crippen molar-refractivity contribution in [2.75, 3.05) is 0 Å². The van der Waals surface area contributed by atoms with Crippen LogP contribution in [0, 0.1) is 0 Å². The van der Waals surface area contributed by atoms with Crippen LogP contribution in [0.5, 0.6) is 0 Å². The highest BCUT2D eigenvalue weighted by molar-refractivity contribution is 5.88. The number of rotatable bonds is 0. The van der Waals surface area contributed by atoms with Gasteiger partial charge in [-0.05, 0) is 19.3 Å². The molecule has 0 aliphatic heterocycles. The SMILES string of the molecule is NN=C1CCCCC1O. The van der Waals surface area contributed by atoms with E-state index in [9.17, 15) is 0 Å². The highest BCUT2D eigenvalue weighted by atomic mass is 16.3. The van der Waals surface area contributed by atoms with E-state index < -0.39 is 0 Å². The molecular formula is C6H12N2O. The summed E-state index contributed by atoms with van der Waals surface area (Å²) in [5.41, 5.74) is 0.765. The van der Waals surface area contributed by atoms with Crippen molar-refractivity contribution in [1.82, 2.24) is 0 Å². The number of nitrogens with two attached hydrogens (primary N) is 1. The maximum Gasteiger partial charge on any atom is 0.0938 e. The van der Waals surface area contributed by atoms with Crippen molar-refractivity contribution in [3.05, 3.63) is 0 Å². The van der Waals surface area contributed by atoms with E-state index in [-0.39, 0.29) is 6.10 Å². The molecule has 0 heterocycles. The Kier molecular flexibility index (Phi) is 2.05. The zero-order valence-electron chi connectivity index (χ0n) is 5.38. The first-order chi connectivity index (χ1) is 4.34. The maximum absolute atomic E-state index is 9.16. The van der Waals surface area contributed by atoms with Gasteiger partial charge < -0.3 is 10.9 Å². The molecule has 1 aliphatic rings. The fraction of sp³-hybridized carbons (Fsp3) is 0.833. The normalized spacial score (nSPS) is 33.0. The van der Waals surface area contributed by atoms with Gasteiger partial charge in [0, 0.05) is 0 Å². The predicted molar refractivity (Wildman–Crippen MR) is 36.1 cm³/mol. The van der Waals surface area contributed by atoms with Crippen LogP contribution in [0.3, 0.4) is 0 Å². The topological polar surface area (TPSA) is 58.6 Å². The number of aliphatic hydroxyl groups excluding tert-OH is 1. The van der Waals surface area contributed by atoms with Crippen molar-refractivity contribution in [1.29, 1.82) is 0 Å². The van der Waals surface area contributed by atoms with Gasteiger partial charge in [0.1, 0.15) is 0 Å². The summed E-state index contributed by atoms with van der Waals surface area (Å²) in [4.78, 5) is 0. The molecule has 0 aromatic carbocycles. The molecule has 1 unspecified atom stereocenters. The van der Waals surface area contributed by atoms with E-state index in [0.717, 1.165) is 31.4 Å². The Balaban J connectivity index is 2.49. The van der Waals surface area contributed by atoms with Crippen molar-refractivity contribution in [3.63, 3.8) is 0 Å². The lowest BCUT2D eigenvalue weighted by Gasteiger charge is -2.17. The highest BCUT2D eigenvalue weighted by Gasteiger charge is 2.16.